The van der Waals surface area contributed by atoms with Crippen molar-refractivity contribution in [2.75, 3.05) is 19.6 Å². The van der Waals surface area contributed by atoms with Gasteiger partial charge in [0, 0.05) is 19.6 Å². The Labute approximate surface area is 99.3 Å². The molecule has 0 radical (unpaired) electrons. The highest BCUT2D eigenvalue weighted by molar-refractivity contribution is 4.85. The van der Waals surface area contributed by atoms with Gasteiger partial charge in [0.1, 0.15) is 0 Å². The zero-order valence-electron chi connectivity index (χ0n) is 10.3. The molecule has 0 unspecified atom stereocenters. The van der Waals surface area contributed by atoms with Crippen LogP contribution in [0.5, 0.6) is 0 Å². The second kappa shape index (κ2) is 5.83. The minimum absolute atomic E-state index is 0.0345. The number of likely N-dealkylation sites (tertiary alicyclic amines) is 1. The zero-order valence-corrected chi connectivity index (χ0v) is 10.3. The second-order valence-corrected chi connectivity index (χ2v) is 5.55. The molecule has 2 aliphatic rings. The summed E-state index contributed by atoms with van der Waals surface area (Å²) in [6.07, 6.45) is 9.46. The number of rotatable bonds is 3. The molecule has 1 heterocycles. The summed E-state index contributed by atoms with van der Waals surface area (Å²) in [5.74, 6) is 1.67. The Morgan fingerprint density at radius 2 is 1.69 bits per heavy atom. The molecule has 1 N–H and O–H groups in total. The van der Waals surface area contributed by atoms with Gasteiger partial charge in [-0.1, -0.05) is 6.08 Å². The number of hydrogen-bond donors (Lipinski definition) is 1. The first-order valence-corrected chi connectivity index (χ1v) is 6.81. The molecule has 2 fully saturated rings. The third-order valence-corrected chi connectivity index (χ3v) is 4.30. The lowest BCUT2D eigenvalue weighted by atomic mass is 9.81. The Kier molecular flexibility index (Phi) is 4.42. The summed E-state index contributed by atoms with van der Waals surface area (Å²) in [7, 11) is 0. The van der Waals surface area contributed by atoms with Crippen molar-refractivity contribution in [3.63, 3.8) is 0 Å². The maximum Gasteiger partial charge on any atom is 0.0564 e. The Balaban J connectivity index is 1.68. The third kappa shape index (κ3) is 3.33. The number of piperidine rings is 1. The van der Waals surface area contributed by atoms with Crippen molar-refractivity contribution < 1.29 is 5.11 Å². The van der Waals surface area contributed by atoms with Crippen LogP contribution in [0.25, 0.3) is 0 Å². The summed E-state index contributed by atoms with van der Waals surface area (Å²) >= 11 is 0. The normalized spacial score (nSPS) is 33.8. The predicted octanol–water partition coefficient (Wildman–Crippen LogP) is 2.44. The summed E-state index contributed by atoms with van der Waals surface area (Å²) in [4.78, 5) is 2.55. The lowest BCUT2D eigenvalue weighted by molar-refractivity contribution is 0.0698. The smallest absolute Gasteiger partial charge is 0.0564 e. The molecular formula is C14H25NO. The van der Waals surface area contributed by atoms with E-state index >= 15 is 0 Å². The van der Waals surface area contributed by atoms with Crippen LogP contribution in [0.15, 0.2) is 12.7 Å². The molecule has 16 heavy (non-hydrogen) atoms. The van der Waals surface area contributed by atoms with Gasteiger partial charge in [-0.15, -0.1) is 6.58 Å². The summed E-state index contributed by atoms with van der Waals surface area (Å²) in [6.45, 7) is 7.36. The first kappa shape index (κ1) is 12.1. The van der Waals surface area contributed by atoms with Crippen molar-refractivity contribution in [2.45, 2.75) is 44.6 Å². The molecule has 1 saturated carbocycles. The van der Waals surface area contributed by atoms with Crippen molar-refractivity contribution in [3.05, 3.63) is 12.7 Å². The summed E-state index contributed by atoms with van der Waals surface area (Å²) in [5.41, 5.74) is 0. The van der Waals surface area contributed by atoms with E-state index < -0.39 is 0 Å². The van der Waals surface area contributed by atoms with Crippen LogP contribution in [0.2, 0.25) is 0 Å². The first-order valence-electron chi connectivity index (χ1n) is 6.81. The lowest BCUT2D eigenvalue weighted by Crippen LogP contribution is -2.39. The molecule has 1 saturated heterocycles. The van der Waals surface area contributed by atoms with Crippen molar-refractivity contribution in [3.8, 4) is 0 Å². The van der Waals surface area contributed by atoms with Gasteiger partial charge in [0.2, 0.25) is 0 Å². The zero-order chi connectivity index (χ0) is 11.4. The van der Waals surface area contributed by atoms with Gasteiger partial charge >= 0.3 is 0 Å². The Hall–Kier alpha value is -0.340. The summed E-state index contributed by atoms with van der Waals surface area (Å²) in [6, 6.07) is 0. The van der Waals surface area contributed by atoms with E-state index in [0.717, 1.165) is 37.8 Å². The van der Waals surface area contributed by atoms with Gasteiger partial charge in [-0.05, 0) is 50.4 Å². The van der Waals surface area contributed by atoms with Crippen molar-refractivity contribution >= 4 is 0 Å². The van der Waals surface area contributed by atoms with Gasteiger partial charge in [0.05, 0.1) is 6.10 Å². The highest BCUT2D eigenvalue weighted by Crippen LogP contribution is 2.30. The van der Waals surface area contributed by atoms with E-state index in [2.05, 4.69) is 17.6 Å². The number of hydrogen-bond acceptors (Lipinski definition) is 2. The number of aliphatic hydroxyl groups is 1. The van der Waals surface area contributed by atoms with Crippen LogP contribution in [0.3, 0.4) is 0 Å². The van der Waals surface area contributed by atoms with E-state index in [0.29, 0.717) is 0 Å². The second-order valence-electron chi connectivity index (χ2n) is 5.55. The standard InChI is InChI=1S/C14H25NO/c1-2-12-3-5-13(6-4-12)11-15-9-7-14(16)8-10-15/h2,12-14,16H,1,3-11H2. The van der Waals surface area contributed by atoms with Gasteiger partial charge in [0.25, 0.3) is 0 Å². The van der Waals surface area contributed by atoms with Crippen LogP contribution in [0, 0.1) is 11.8 Å². The molecule has 1 aliphatic carbocycles. The van der Waals surface area contributed by atoms with Gasteiger partial charge in [-0.2, -0.15) is 0 Å². The van der Waals surface area contributed by atoms with Crippen LogP contribution >= 0.6 is 0 Å². The molecule has 0 spiro atoms. The first-order chi connectivity index (χ1) is 7.78. The van der Waals surface area contributed by atoms with Crippen LogP contribution in [0.1, 0.15) is 38.5 Å². The van der Waals surface area contributed by atoms with Crippen LogP contribution < -0.4 is 0 Å². The quantitative estimate of drug-likeness (QED) is 0.743. The Morgan fingerprint density at radius 3 is 2.25 bits per heavy atom. The fourth-order valence-electron chi connectivity index (χ4n) is 3.07. The van der Waals surface area contributed by atoms with E-state index in [4.69, 9.17) is 0 Å². The average Bonchev–Trinajstić information content (AvgIpc) is 2.33. The molecule has 2 heteroatoms. The largest absolute Gasteiger partial charge is 0.393 e. The summed E-state index contributed by atoms with van der Waals surface area (Å²) < 4.78 is 0. The summed E-state index contributed by atoms with van der Waals surface area (Å²) in [5, 5.41) is 9.46. The van der Waals surface area contributed by atoms with Gasteiger partial charge in [-0.25, -0.2) is 0 Å². The molecule has 0 atom stereocenters. The Morgan fingerprint density at radius 1 is 1.06 bits per heavy atom. The molecule has 0 aromatic carbocycles. The number of nitrogens with zero attached hydrogens (tertiary/aromatic N) is 1. The van der Waals surface area contributed by atoms with E-state index in [1.807, 2.05) is 0 Å². The monoisotopic (exact) mass is 223 g/mol. The molecule has 0 amide bonds. The predicted molar refractivity (Wildman–Crippen MR) is 67.3 cm³/mol. The fraction of sp³-hybridized carbons (Fsp3) is 0.857. The topological polar surface area (TPSA) is 23.5 Å². The fourth-order valence-corrected chi connectivity index (χ4v) is 3.07. The van der Waals surface area contributed by atoms with E-state index in [1.54, 1.807) is 0 Å². The SMILES string of the molecule is C=CC1CCC(CN2CCC(O)CC2)CC1. The van der Waals surface area contributed by atoms with E-state index in [9.17, 15) is 5.11 Å². The van der Waals surface area contributed by atoms with Crippen LogP contribution in [-0.4, -0.2) is 35.7 Å². The molecule has 1 aliphatic heterocycles. The van der Waals surface area contributed by atoms with Gasteiger partial charge in [-0.3, -0.25) is 0 Å². The molecule has 0 aromatic rings. The van der Waals surface area contributed by atoms with Crippen LogP contribution in [-0.2, 0) is 0 Å². The molecule has 92 valence electrons. The minimum Gasteiger partial charge on any atom is -0.393 e. The lowest BCUT2D eigenvalue weighted by Gasteiger charge is -2.35. The highest BCUT2D eigenvalue weighted by atomic mass is 16.3. The highest BCUT2D eigenvalue weighted by Gasteiger charge is 2.23. The van der Waals surface area contributed by atoms with Crippen molar-refractivity contribution in [1.29, 1.82) is 0 Å². The van der Waals surface area contributed by atoms with Crippen molar-refractivity contribution in [1.82, 2.24) is 4.90 Å². The minimum atomic E-state index is -0.0345. The molecular weight excluding hydrogens is 198 g/mol. The Bertz CT molecular complexity index is 213. The number of allylic oxidation sites excluding steroid dienone is 1. The number of aliphatic hydroxyl groups excluding tert-OH is 1. The molecule has 0 bridgehead atoms. The van der Waals surface area contributed by atoms with E-state index in [1.165, 1.54) is 32.2 Å². The molecule has 2 rings (SSSR count). The van der Waals surface area contributed by atoms with Gasteiger partial charge < -0.3 is 10.0 Å². The van der Waals surface area contributed by atoms with E-state index in [-0.39, 0.29) is 6.10 Å². The average molecular weight is 223 g/mol. The molecule has 2 nitrogen and oxygen atoms in total. The maximum absolute atomic E-state index is 9.46. The third-order valence-electron chi connectivity index (χ3n) is 4.30. The van der Waals surface area contributed by atoms with Gasteiger partial charge in [0.15, 0.2) is 0 Å². The van der Waals surface area contributed by atoms with Crippen LogP contribution in [0.4, 0.5) is 0 Å². The maximum atomic E-state index is 9.46. The van der Waals surface area contributed by atoms with Crippen molar-refractivity contribution in [2.24, 2.45) is 11.8 Å². The molecule has 0 aromatic heterocycles.